The molecule has 0 fully saturated rings. The van der Waals surface area contributed by atoms with Crippen LogP contribution in [-0.4, -0.2) is 19.8 Å². The lowest BCUT2D eigenvalue weighted by atomic mass is 10.2. The molecule has 0 aliphatic carbocycles. The van der Waals surface area contributed by atoms with Gasteiger partial charge < -0.3 is 10.1 Å². The maximum atomic E-state index is 12.0. The predicted octanol–water partition coefficient (Wildman–Crippen LogP) is 3.87. The Bertz CT molecular complexity index is 373. The Labute approximate surface area is 114 Å². The quantitative estimate of drug-likeness (QED) is 0.861. The smallest absolute Gasteiger partial charge is 0.422 e. The van der Waals surface area contributed by atoms with E-state index in [0.29, 0.717) is 15.5 Å². The fraction of sp³-hybridized carbons (Fsp3) is 0.400. The summed E-state index contributed by atoms with van der Waals surface area (Å²) < 4.78 is 41.8. The largest absolute Gasteiger partial charge is 0.482 e. The molecule has 0 unspecified atom stereocenters. The molecule has 0 saturated carbocycles. The summed E-state index contributed by atoms with van der Waals surface area (Å²) in [5.41, 5.74) is 0.936. The van der Waals surface area contributed by atoms with E-state index in [1.807, 2.05) is 0 Å². The van der Waals surface area contributed by atoms with Crippen LogP contribution in [0, 0.1) is 0 Å². The van der Waals surface area contributed by atoms with Crippen molar-refractivity contribution in [1.82, 2.24) is 5.32 Å². The van der Waals surface area contributed by atoms with Gasteiger partial charge in [-0.2, -0.15) is 13.2 Å². The first-order chi connectivity index (χ1) is 7.83. The van der Waals surface area contributed by atoms with Gasteiger partial charge in [-0.1, -0.05) is 0 Å². The van der Waals surface area contributed by atoms with Crippen LogP contribution in [-0.2, 0) is 6.54 Å². The molecule has 17 heavy (non-hydrogen) atoms. The summed E-state index contributed by atoms with van der Waals surface area (Å²) >= 11 is 6.37. The average molecular weight is 377 g/mol. The van der Waals surface area contributed by atoms with Crippen molar-refractivity contribution in [2.24, 2.45) is 0 Å². The number of ether oxygens (including phenoxy) is 1. The van der Waals surface area contributed by atoms with Crippen molar-refractivity contribution in [3.05, 3.63) is 26.6 Å². The van der Waals surface area contributed by atoms with Gasteiger partial charge in [0.15, 0.2) is 6.61 Å². The molecule has 0 aliphatic rings. The topological polar surface area (TPSA) is 21.3 Å². The first kappa shape index (κ1) is 14.8. The summed E-state index contributed by atoms with van der Waals surface area (Å²) in [6.45, 7) is -0.688. The summed E-state index contributed by atoms with van der Waals surface area (Å²) in [6.07, 6.45) is -4.34. The summed E-state index contributed by atoms with van der Waals surface area (Å²) in [7, 11) is 1.79. The summed E-state index contributed by atoms with van der Waals surface area (Å²) in [4.78, 5) is 0. The molecule has 0 radical (unpaired) electrons. The number of halogens is 5. The zero-order valence-corrected chi connectivity index (χ0v) is 12.0. The molecule has 1 aromatic carbocycles. The van der Waals surface area contributed by atoms with E-state index in [4.69, 9.17) is 4.74 Å². The lowest BCUT2D eigenvalue weighted by Crippen LogP contribution is -2.19. The minimum atomic E-state index is -4.34. The first-order valence-electron chi connectivity index (χ1n) is 4.65. The Kier molecular flexibility index (Phi) is 5.27. The third kappa shape index (κ3) is 4.85. The zero-order valence-electron chi connectivity index (χ0n) is 8.87. The van der Waals surface area contributed by atoms with Gasteiger partial charge in [0.1, 0.15) is 5.75 Å². The number of benzene rings is 1. The normalized spacial score (nSPS) is 11.6. The minimum absolute atomic E-state index is 0.155. The molecule has 7 heteroatoms. The molecule has 1 N–H and O–H groups in total. The molecule has 0 atom stereocenters. The van der Waals surface area contributed by atoms with E-state index in [0.717, 1.165) is 5.56 Å². The van der Waals surface area contributed by atoms with Crippen LogP contribution >= 0.6 is 31.9 Å². The SMILES string of the molecule is CNCc1cc(Br)c(OCC(F)(F)F)c(Br)c1. The molecule has 0 saturated heterocycles. The maximum Gasteiger partial charge on any atom is 0.422 e. The Morgan fingerprint density at radius 1 is 1.24 bits per heavy atom. The van der Waals surface area contributed by atoms with Gasteiger partial charge in [0.25, 0.3) is 0 Å². The highest BCUT2D eigenvalue weighted by Crippen LogP contribution is 2.35. The van der Waals surface area contributed by atoms with Gasteiger partial charge in [0, 0.05) is 6.54 Å². The highest BCUT2D eigenvalue weighted by Gasteiger charge is 2.29. The van der Waals surface area contributed by atoms with E-state index in [9.17, 15) is 13.2 Å². The maximum absolute atomic E-state index is 12.0. The van der Waals surface area contributed by atoms with Crippen molar-refractivity contribution in [2.45, 2.75) is 12.7 Å². The molecule has 0 aromatic heterocycles. The Balaban J connectivity index is 2.86. The molecule has 0 aliphatic heterocycles. The highest BCUT2D eigenvalue weighted by molar-refractivity contribution is 9.11. The van der Waals surface area contributed by atoms with Crippen LogP contribution in [0.15, 0.2) is 21.1 Å². The number of nitrogens with one attached hydrogen (secondary N) is 1. The van der Waals surface area contributed by atoms with Gasteiger partial charge in [-0.15, -0.1) is 0 Å². The average Bonchev–Trinajstić information content (AvgIpc) is 2.14. The predicted molar refractivity (Wildman–Crippen MR) is 66.2 cm³/mol. The third-order valence-corrected chi connectivity index (χ3v) is 3.00. The van der Waals surface area contributed by atoms with Gasteiger partial charge in [-0.25, -0.2) is 0 Å². The van der Waals surface area contributed by atoms with Crippen LogP contribution < -0.4 is 10.1 Å². The van der Waals surface area contributed by atoms with Gasteiger partial charge in [0.2, 0.25) is 0 Å². The number of alkyl halides is 3. The Morgan fingerprint density at radius 3 is 2.18 bits per heavy atom. The lowest BCUT2D eigenvalue weighted by molar-refractivity contribution is -0.153. The van der Waals surface area contributed by atoms with Crippen molar-refractivity contribution in [3.63, 3.8) is 0 Å². The molecule has 0 bridgehead atoms. The lowest BCUT2D eigenvalue weighted by Gasteiger charge is -2.13. The second-order valence-corrected chi connectivity index (χ2v) is 5.03. The number of hydrogen-bond acceptors (Lipinski definition) is 2. The van der Waals surface area contributed by atoms with Crippen molar-refractivity contribution < 1.29 is 17.9 Å². The fourth-order valence-corrected chi connectivity index (χ4v) is 2.72. The van der Waals surface area contributed by atoms with Crippen molar-refractivity contribution in [3.8, 4) is 5.75 Å². The van der Waals surface area contributed by atoms with Crippen LogP contribution in [0.5, 0.6) is 5.75 Å². The third-order valence-electron chi connectivity index (χ3n) is 1.82. The van der Waals surface area contributed by atoms with Crippen molar-refractivity contribution in [2.75, 3.05) is 13.7 Å². The van der Waals surface area contributed by atoms with Gasteiger partial charge >= 0.3 is 6.18 Å². The molecular formula is C10H10Br2F3NO. The Morgan fingerprint density at radius 2 is 1.76 bits per heavy atom. The Hall–Kier alpha value is -0.270. The van der Waals surface area contributed by atoms with Gasteiger partial charge in [0.05, 0.1) is 8.95 Å². The second kappa shape index (κ2) is 6.06. The van der Waals surface area contributed by atoms with Crippen molar-refractivity contribution >= 4 is 31.9 Å². The molecule has 0 heterocycles. The molecule has 1 aromatic rings. The molecule has 0 amide bonds. The van der Waals surface area contributed by atoms with Crippen LogP contribution in [0.2, 0.25) is 0 Å². The standard InChI is InChI=1S/C10H10Br2F3NO/c1-16-4-6-2-7(11)9(8(12)3-6)17-5-10(13,14)15/h2-3,16H,4-5H2,1H3. The number of hydrogen-bond donors (Lipinski definition) is 1. The fourth-order valence-electron chi connectivity index (χ4n) is 1.21. The molecule has 96 valence electrons. The van der Waals surface area contributed by atoms with Crippen LogP contribution in [0.3, 0.4) is 0 Å². The number of rotatable bonds is 4. The highest BCUT2D eigenvalue weighted by atomic mass is 79.9. The van der Waals surface area contributed by atoms with E-state index in [1.54, 1.807) is 19.2 Å². The summed E-state index contributed by atoms with van der Waals surface area (Å²) in [5.74, 6) is 0.155. The molecule has 0 spiro atoms. The molecule has 1 rings (SSSR count). The monoisotopic (exact) mass is 375 g/mol. The van der Waals surface area contributed by atoms with E-state index in [2.05, 4.69) is 37.2 Å². The zero-order chi connectivity index (χ0) is 13.1. The van der Waals surface area contributed by atoms with Crippen LogP contribution in [0.25, 0.3) is 0 Å². The first-order valence-corrected chi connectivity index (χ1v) is 6.24. The molecule has 2 nitrogen and oxygen atoms in total. The van der Waals surface area contributed by atoms with E-state index < -0.39 is 12.8 Å². The van der Waals surface area contributed by atoms with E-state index >= 15 is 0 Å². The molecular weight excluding hydrogens is 367 g/mol. The minimum Gasteiger partial charge on any atom is -0.482 e. The van der Waals surface area contributed by atoms with Gasteiger partial charge in [-0.3, -0.25) is 0 Å². The second-order valence-electron chi connectivity index (χ2n) is 3.32. The summed E-state index contributed by atoms with van der Waals surface area (Å²) in [5, 5.41) is 2.95. The van der Waals surface area contributed by atoms with E-state index in [-0.39, 0.29) is 5.75 Å². The summed E-state index contributed by atoms with van der Waals surface area (Å²) in [6, 6.07) is 3.43. The van der Waals surface area contributed by atoms with Crippen LogP contribution in [0.4, 0.5) is 13.2 Å². The van der Waals surface area contributed by atoms with Crippen LogP contribution in [0.1, 0.15) is 5.56 Å². The van der Waals surface area contributed by atoms with E-state index in [1.165, 1.54) is 0 Å². The van der Waals surface area contributed by atoms with Gasteiger partial charge in [-0.05, 0) is 56.6 Å². The van der Waals surface area contributed by atoms with Crippen molar-refractivity contribution in [1.29, 1.82) is 0 Å².